The number of nitrogens with zero attached hydrogens (tertiary/aromatic N) is 2. The van der Waals surface area contributed by atoms with Crippen LogP contribution < -0.4 is 4.74 Å². The Kier molecular flexibility index (Phi) is 4.39. The minimum Gasteiger partial charge on any atom is -0.492 e. The van der Waals surface area contributed by atoms with Crippen molar-refractivity contribution in [2.45, 2.75) is 13.3 Å². The summed E-state index contributed by atoms with van der Waals surface area (Å²) >= 11 is 11.8. The van der Waals surface area contributed by atoms with Gasteiger partial charge in [-0.3, -0.25) is 0 Å². The summed E-state index contributed by atoms with van der Waals surface area (Å²) < 4.78 is 5.57. The normalized spacial score (nSPS) is 10.4. The molecule has 0 aliphatic heterocycles. The van der Waals surface area contributed by atoms with Gasteiger partial charge in [0.1, 0.15) is 16.7 Å². The second-order valence-electron chi connectivity index (χ2n) is 3.78. The minimum absolute atomic E-state index is 0.454. The quantitative estimate of drug-likeness (QED) is 0.802. The maximum absolute atomic E-state index is 5.98. The Labute approximate surface area is 116 Å². The van der Waals surface area contributed by atoms with Crippen LogP contribution >= 0.6 is 23.2 Å². The topological polar surface area (TPSA) is 35.0 Å². The number of para-hydroxylation sites is 1. The number of aryl methyl sites for hydroxylation is 1. The Balaban J connectivity index is 1.94. The highest BCUT2D eigenvalue weighted by Gasteiger charge is 2.03. The molecule has 0 bridgehead atoms. The summed E-state index contributed by atoms with van der Waals surface area (Å²) in [5.41, 5.74) is 0.850. The van der Waals surface area contributed by atoms with Crippen LogP contribution in [0.15, 0.2) is 30.3 Å². The molecule has 0 atom stereocenters. The molecule has 94 valence electrons. The van der Waals surface area contributed by atoms with Gasteiger partial charge in [0, 0.05) is 12.1 Å². The molecule has 0 saturated heterocycles. The van der Waals surface area contributed by atoms with Gasteiger partial charge in [-0.15, -0.1) is 0 Å². The van der Waals surface area contributed by atoms with E-state index in [-0.39, 0.29) is 0 Å². The Morgan fingerprint density at radius 1 is 1.17 bits per heavy atom. The van der Waals surface area contributed by atoms with Gasteiger partial charge in [-0.2, -0.15) is 0 Å². The summed E-state index contributed by atoms with van der Waals surface area (Å²) in [6.07, 6.45) is 0.590. The molecular formula is C13H12Cl2N2O. The van der Waals surface area contributed by atoms with Crippen LogP contribution in [0.3, 0.4) is 0 Å². The van der Waals surface area contributed by atoms with Crippen LogP contribution in [0.2, 0.25) is 10.2 Å². The second kappa shape index (κ2) is 6.03. The van der Waals surface area contributed by atoms with Crippen molar-refractivity contribution in [1.82, 2.24) is 9.97 Å². The summed E-state index contributed by atoms with van der Waals surface area (Å²) in [5.74, 6) is 1.34. The number of rotatable bonds is 4. The van der Waals surface area contributed by atoms with Crippen LogP contribution in [-0.4, -0.2) is 16.6 Å². The average molecular weight is 283 g/mol. The Bertz CT molecular complexity index is 526. The predicted molar refractivity (Wildman–Crippen MR) is 72.4 cm³/mol. The van der Waals surface area contributed by atoms with E-state index in [0.717, 1.165) is 5.69 Å². The molecule has 18 heavy (non-hydrogen) atoms. The Morgan fingerprint density at radius 2 is 1.94 bits per heavy atom. The van der Waals surface area contributed by atoms with E-state index < -0.39 is 0 Å². The number of halogens is 2. The average Bonchev–Trinajstić information content (AvgIpc) is 2.30. The number of hydrogen-bond acceptors (Lipinski definition) is 3. The molecule has 0 fully saturated rings. The van der Waals surface area contributed by atoms with Crippen molar-refractivity contribution in [3.8, 4) is 5.75 Å². The van der Waals surface area contributed by atoms with Gasteiger partial charge in [0.15, 0.2) is 0 Å². The van der Waals surface area contributed by atoms with Crippen molar-refractivity contribution >= 4 is 23.2 Å². The van der Waals surface area contributed by atoms with Gasteiger partial charge in [-0.05, 0) is 25.1 Å². The molecule has 2 aromatic rings. The monoisotopic (exact) mass is 282 g/mol. The lowest BCUT2D eigenvalue weighted by molar-refractivity contribution is 0.319. The van der Waals surface area contributed by atoms with E-state index in [2.05, 4.69) is 9.97 Å². The largest absolute Gasteiger partial charge is 0.492 e. The molecule has 2 rings (SSSR count). The highest BCUT2D eigenvalue weighted by molar-refractivity contribution is 6.32. The number of ether oxygens (including phenoxy) is 1. The fraction of sp³-hybridized carbons (Fsp3) is 0.231. The van der Waals surface area contributed by atoms with Crippen LogP contribution in [0.25, 0.3) is 0 Å². The molecule has 0 N–H and O–H groups in total. The van der Waals surface area contributed by atoms with Crippen LogP contribution in [0.5, 0.6) is 5.75 Å². The molecule has 1 aromatic carbocycles. The molecule has 0 aliphatic carbocycles. The first kappa shape index (κ1) is 13.1. The van der Waals surface area contributed by atoms with Gasteiger partial charge in [-0.25, -0.2) is 9.97 Å². The molecular weight excluding hydrogens is 271 g/mol. The minimum atomic E-state index is 0.454. The lowest BCUT2D eigenvalue weighted by Gasteiger charge is -2.07. The first-order valence-corrected chi connectivity index (χ1v) is 6.28. The zero-order valence-electron chi connectivity index (χ0n) is 9.86. The molecule has 3 nitrogen and oxygen atoms in total. The zero-order valence-corrected chi connectivity index (χ0v) is 11.4. The first-order valence-electron chi connectivity index (χ1n) is 5.52. The van der Waals surface area contributed by atoms with E-state index in [1.807, 2.05) is 25.1 Å². The van der Waals surface area contributed by atoms with E-state index >= 15 is 0 Å². The van der Waals surface area contributed by atoms with Crippen molar-refractivity contribution < 1.29 is 4.74 Å². The lowest BCUT2D eigenvalue weighted by Crippen LogP contribution is -2.06. The molecule has 0 saturated carbocycles. The van der Waals surface area contributed by atoms with Gasteiger partial charge >= 0.3 is 0 Å². The smallest absolute Gasteiger partial charge is 0.137 e. The third-order valence-electron chi connectivity index (χ3n) is 2.29. The molecule has 1 aromatic heterocycles. The third-order valence-corrected chi connectivity index (χ3v) is 2.80. The fourth-order valence-corrected chi connectivity index (χ4v) is 1.96. The van der Waals surface area contributed by atoms with E-state index in [0.29, 0.717) is 34.8 Å². The predicted octanol–water partition coefficient (Wildman–Crippen LogP) is 3.71. The van der Waals surface area contributed by atoms with Crippen LogP contribution in [0, 0.1) is 6.92 Å². The molecule has 0 aliphatic rings. The van der Waals surface area contributed by atoms with Crippen molar-refractivity contribution in [3.05, 3.63) is 52.0 Å². The summed E-state index contributed by atoms with van der Waals surface area (Å²) in [6, 6.07) is 9.07. The summed E-state index contributed by atoms with van der Waals surface area (Å²) in [7, 11) is 0. The number of hydrogen-bond donors (Lipinski definition) is 0. The first-order chi connectivity index (χ1) is 8.65. The standard InChI is InChI=1S/C13H12Cl2N2O/c1-9-8-12(15)17-13(16-9)6-7-18-11-5-3-2-4-10(11)14/h2-5,8H,6-7H2,1H3. The van der Waals surface area contributed by atoms with Crippen LogP contribution in [-0.2, 0) is 6.42 Å². The highest BCUT2D eigenvalue weighted by Crippen LogP contribution is 2.23. The van der Waals surface area contributed by atoms with Crippen molar-refractivity contribution in [1.29, 1.82) is 0 Å². The SMILES string of the molecule is Cc1cc(Cl)nc(CCOc2ccccc2Cl)n1. The maximum atomic E-state index is 5.98. The Morgan fingerprint density at radius 3 is 2.67 bits per heavy atom. The maximum Gasteiger partial charge on any atom is 0.137 e. The summed E-state index contributed by atoms with van der Waals surface area (Å²) in [6.45, 7) is 2.34. The van der Waals surface area contributed by atoms with Crippen molar-refractivity contribution in [2.24, 2.45) is 0 Å². The van der Waals surface area contributed by atoms with Gasteiger partial charge in [0.25, 0.3) is 0 Å². The third kappa shape index (κ3) is 3.59. The van der Waals surface area contributed by atoms with Crippen LogP contribution in [0.4, 0.5) is 0 Å². The molecule has 5 heteroatoms. The number of benzene rings is 1. The van der Waals surface area contributed by atoms with E-state index in [1.54, 1.807) is 12.1 Å². The van der Waals surface area contributed by atoms with Gasteiger partial charge in [0.05, 0.1) is 11.6 Å². The van der Waals surface area contributed by atoms with Crippen molar-refractivity contribution in [2.75, 3.05) is 6.61 Å². The molecule has 1 heterocycles. The highest BCUT2D eigenvalue weighted by atomic mass is 35.5. The molecule has 0 amide bonds. The lowest BCUT2D eigenvalue weighted by atomic mass is 10.3. The molecule has 0 spiro atoms. The summed E-state index contributed by atoms with van der Waals surface area (Å²) in [5, 5.41) is 1.05. The molecule has 0 unspecified atom stereocenters. The van der Waals surface area contributed by atoms with E-state index in [4.69, 9.17) is 27.9 Å². The van der Waals surface area contributed by atoms with Gasteiger partial charge < -0.3 is 4.74 Å². The fourth-order valence-electron chi connectivity index (χ4n) is 1.51. The summed E-state index contributed by atoms with van der Waals surface area (Å²) in [4.78, 5) is 8.41. The molecule has 0 radical (unpaired) electrons. The van der Waals surface area contributed by atoms with Gasteiger partial charge in [-0.1, -0.05) is 35.3 Å². The zero-order chi connectivity index (χ0) is 13.0. The second-order valence-corrected chi connectivity index (χ2v) is 4.57. The Hall–Kier alpha value is -1.32. The van der Waals surface area contributed by atoms with Crippen LogP contribution in [0.1, 0.15) is 11.5 Å². The van der Waals surface area contributed by atoms with E-state index in [9.17, 15) is 0 Å². The van der Waals surface area contributed by atoms with Gasteiger partial charge in [0.2, 0.25) is 0 Å². The number of aromatic nitrogens is 2. The van der Waals surface area contributed by atoms with Crippen molar-refractivity contribution in [3.63, 3.8) is 0 Å². The van der Waals surface area contributed by atoms with E-state index in [1.165, 1.54) is 0 Å².